The van der Waals surface area contributed by atoms with E-state index in [-0.39, 0.29) is 22.7 Å². The minimum Gasteiger partial charge on any atom is -0.497 e. The molecule has 110 valence electrons. The predicted molar refractivity (Wildman–Crippen MR) is 79.5 cm³/mol. The van der Waals surface area contributed by atoms with Crippen molar-refractivity contribution in [3.8, 4) is 5.75 Å². The maximum atomic E-state index is 12.1. The summed E-state index contributed by atoms with van der Waals surface area (Å²) in [6, 6.07) is 7.21. The number of rotatable bonds is 5. The van der Waals surface area contributed by atoms with E-state index in [0.29, 0.717) is 0 Å². The van der Waals surface area contributed by atoms with Gasteiger partial charge in [0, 0.05) is 5.38 Å². The molecule has 1 atom stereocenters. The molecular formula is C14H15N3O3S. The van der Waals surface area contributed by atoms with Crippen molar-refractivity contribution in [2.75, 3.05) is 7.11 Å². The third-order valence-electron chi connectivity index (χ3n) is 2.89. The van der Waals surface area contributed by atoms with Crippen LogP contribution in [0.5, 0.6) is 5.75 Å². The van der Waals surface area contributed by atoms with E-state index in [9.17, 15) is 9.59 Å². The van der Waals surface area contributed by atoms with Gasteiger partial charge in [0.15, 0.2) is 5.01 Å². The quantitative estimate of drug-likeness (QED) is 0.879. The summed E-state index contributed by atoms with van der Waals surface area (Å²) in [5.41, 5.74) is 6.21. The van der Waals surface area contributed by atoms with Gasteiger partial charge in [-0.3, -0.25) is 9.59 Å². The molecule has 0 aliphatic rings. The molecule has 3 N–H and O–H groups in total. The van der Waals surface area contributed by atoms with Crippen LogP contribution in [-0.4, -0.2) is 23.9 Å². The third kappa shape index (κ3) is 3.57. The highest BCUT2D eigenvalue weighted by Crippen LogP contribution is 2.19. The Labute approximate surface area is 125 Å². The average molecular weight is 305 g/mol. The number of hydrogen-bond donors (Lipinski definition) is 2. The number of hydrogen-bond acceptors (Lipinski definition) is 5. The van der Waals surface area contributed by atoms with E-state index in [1.165, 1.54) is 5.38 Å². The van der Waals surface area contributed by atoms with E-state index >= 15 is 0 Å². The molecule has 1 aromatic carbocycles. The molecule has 0 radical (unpaired) electrons. The van der Waals surface area contributed by atoms with Crippen LogP contribution in [0.1, 0.15) is 38.8 Å². The van der Waals surface area contributed by atoms with Crippen LogP contribution in [0, 0.1) is 0 Å². The van der Waals surface area contributed by atoms with Crippen molar-refractivity contribution >= 4 is 23.2 Å². The Morgan fingerprint density at radius 2 is 2.19 bits per heavy atom. The number of amides is 2. The van der Waals surface area contributed by atoms with Crippen LogP contribution in [0.4, 0.5) is 0 Å². The highest BCUT2D eigenvalue weighted by atomic mass is 32.1. The number of primary amides is 1. The highest BCUT2D eigenvalue weighted by molar-refractivity contribution is 7.11. The predicted octanol–water partition coefficient (Wildman–Crippen LogP) is 1.74. The third-order valence-corrected chi connectivity index (χ3v) is 3.75. The number of nitrogens with two attached hydrogens (primary N) is 1. The topological polar surface area (TPSA) is 94.3 Å². The molecule has 0 bridgehead atoms. The molecule has 0 spiro atoms. The molecule has 7 heteroatoms. The van der Waals surface area contributed by atoms with Gasteiger partial charge in [0.1, 0.15) is 11.4 Å². The van der Waals surface area contributed by atoms with Gasteiger partial charge in [0.05, 0.1) is 13.2 Å². The fourth-order valence-electron chi connectivity index (χ4n) is 1.76. The lowest BCUT2D eigenvalue weighted by Gasteiger charge is -2.14. The van der Waals surface area contributed by atoms with Gasteiger partial charge >= 0.3 is 0 Å². The molecular weight excluding hydrogens is 290 g/mol. The Morgan fingerprint density at radius 1 is 1.43 bits per heavy atom. The number of carbonyl (C=O) groups is 2. The molecule has 0 saturated heterocycles. The summed E-state index contributed by atoms with van der Waals surface area (Å²) in [4.78, 5) is 26.9. The van der Waals surface area contributed by atoms with Crippen molar-refractivity contribution in [1.82, 2.24) is 10.3 Å². The SMILES string of the molecule is COc1cccc([C@H](C)NC(=O)c2csc(C(N)=O)n2)c1. The number of nitrogens with one attached hydrogen (secondary N) is 1. The highest BCUT2D eigenvalue weighted by Gasteiger charge is 2.16. The molecule has 0 fully saturated rings. The number of benzene rings is 1. The first kappa shape index (κ1) is 15.0. The largest absolute Gasteiger partial charge is 0.497 e. The van der Waals surface area contributed by atoms with Gasteiger partial charge in [-0.2, -0.15) is 0 Å². The monoisotopic (exact) mass is 305 g/mol. The number of ether oxygens (including phenoxy) is 1. The van der Waals surface area contributed by atoms with Gasteiger partial charge in [-0.1, -0.05) is 12.1 Å². The number of methoxy groups -OCH3 is 1. The fraction of sp³-hybridized carbons (Fsp3) is 0.214. The standard InChI is InChI=1S/C14H15N3O3S/c1-8(9-4-3-5-10(6-9)20-2)16-13(19)11-7-21-14(17-11)12(15)18/h3-8H,1-2H3,(H2,15,18)(H,16,19)/t8-/m0/s1. The zero-order valence-corrected chi connectivity index (χ0v) is 12.4. The van der Waals surface area contributed by atoms with Crippen LogP contribution >= 0.6 is 11.3 Å². The Bertz CT molecular complexity index is 669. The minimum atomic E-state index is -0.639. The Morgan fingerprint density at radius 3 is 2.81 bits per heavy atom. The van der Waals surface area contributed by atoms with Gasteiger partial charge < -0.3 is 15.8 Å². The minimum absolute atomic E-state index is 0.120. The maximum absolute atomic E-state index is 12.1. The van der Waals surface area contributed by atoms with Gasteiger partial charge in [0.25, 0.3) is 11.8 Å². The molecule has 2 amide bonds. The van der Waals surface area contributed by atoms with Gasteiger partial charge in [-0.15, -0.1) is 11.3 Å². The second-order valence-corrected chi connectivity index (χ2v) is 5.23. The molecule has 6 nitrogen and oxygen atoms in total. The lowest BCUT2D eigenvalue weighted by molar-refractivity contribution is 0.0935. The Hall–Kier alpha value is -2.41. The summed E-state index contributed by atoms with van der Waals surface area (Å²) in [6.07, 6.45) is 0. The van der Waals surface area contributed by atoms with Crippen LogP contribution in [0.3, 0.4) is 0 Å². The summed E-state index contributed by atoms with van der Waals surface area (Å²) in [5.74, 6) is -0.271. The van der Waals surface area contributed by atoms with Crippen molar-refractivity contribution in [2.24, 2.45) is 5.73 Å². The molecule has 0 saturated carbocycles. The van der Waals surface area contributed by atoms with E-state index in [2.05, 4.69) is 10.3 Å². The van der Waals surface area contributed by atoms with Crippen LogP contribution < -0.4 is 15.8 Å². The van der Waals surface area contributed by atoms with Crippen LogP contribution in [0.2, 0.25) is 0 Å². The van der Waals surface area contributed by atoms with Crippen molar-refractivity contribution in [2.45, 2.75) is 13.0 Å². The fourth-order valence-corrected chi connectivity index (χ4v) is 2.41. The van der Waals surface area contributed by atoms with Gasteiger partial charge in [0.2, 0.25) is 0 Å². The smallest absolute Gasteiger partial charge is 0.277 e. The molecule has 0 unspecified atom stereocenters. The van der Waals surface area contributed by atoms with Gasteiger partial charge in [-0.05, 0) is 24.6 Å². The Balaban J connectivity index is 2.08. The Kier molecular flexibility index (Phi) is 4.54. The molecule has 2 aromatic rings. The summed E-state index contributed by atoms with van der Waals surface area (Å²) in [6.45, 7) is 1.86. The zero-order valence-electron chi connectivity index (χ0n) is 11.6. The number of aromatic nitrogens is 1. The van der Waals surface area contributed by atoms with E-state index in [1.807, 2.05) is 31.2 Å². The molecule has 0 aliphatic carbocycles. The maximum Gasteiger partial charge on any atom is 0.277 e. The van der Waals surface area contributed by atoms with Crippen molar-refractivity contribution in [3.63, 3.8) is 0 Å². The first-order valence-electron chi connectivity index (χ1n) is 6.21. The van der Waals surface area contributed by atoms with E-state index < -0.39 is 5.91 Å². The lowest BCUT2D eigenvalue weighted by atomic mass is 10.1. The average Bonchev–Trinajstić information content (AvgIpc) is 2.97. The van der Waals surface area contributed by atoms with Crippen LogP contribution in [0.25, 0.3) is 0 Å². The number of carbonyl (C=O) groups excluding carboxylic acids is 2. The molecule has 1 heterocycles. The zero-order chi connectivity index (χ0) is 15.4. The second-order valence-electron chi connectivity index (χ2n) is 4.37. The van der Waals surface area contributed by atoms with E-state index in [4.69, 9.17) is 10.5 Å². The van der Waals surface area contributed by atoms with Crippen molar-refractivity contribution in [3.05, 3.63) is 45.9 Å². The van der Waals surface area contributed by atoms with Crippen LogP contribution in [-0.2, 0) is 0 Å². The summed E-state index contributed by atoms with van der Waals surface area (Å²) >= 11 is 1.05. The molecule has 2 rings (SSSR count). The van der Waals surface area contributed by atoms with Crippen LogP contribution in [0.15, 0.2) is 29.6 Å². The molecule has 1 aromatic heterocycles. The second kappa shape index (κ2) is 6.36. The summed E-state index contributed by atoms with van der Waals surface area (Å²) in [7, 11) is 1.59. The van der Waals surface area contributed by atoms with E-state index in [1.54, 1.807) is 7.11 Å². The lowest BCUT2D eigenvalue weighted by Crippen LogP contribution is -2.27. The first-order chi connectivity index (χ1) is 10.0. The molecule has 0 aliphatic heterocycles. The first-order valence-corrected chi connectivity index (χ1v) is 7.09. The summed E-state index contributed by atoms with van der Waals surface area (Å²) in [5, 5.41) is 4.44. The van der Waals surface area contributed by atoms with E-state index in [0.717, 1.165) is 22.6 Å². The van der Waals surface area contributed by atoms with Crippen molar-refractivity contribution < 1.29 is 14.3 Å². The van der Waals surface area contributed by atoms with Crippen molar-refractivity contribution in [1.29, 1.82) is 0 Å². The summed E-state index contributed by atoms with van der Waals surface area (Å²) < 4.78 is 5.15. The number of thiazole rings is 1. The molecule has 21 heavy (non-hydrogen) atoms. The normalized spacial score (nSPS) is 11.7. The number of nitrogens with zero attached hydrogens (tertiary/aromatic N) is 1. The van der Waals surface area contributed by atoms with Gasteiger partial charge in [-0.25, -0.2) is 4.98 Å².